The molecular weight excluding hydrogens is 356 g/mol. The second-order valence-corrected chi connectivity index (χ2v) is 5.95. The van der Waals surface area contributed by atoms with Crippen LogP contribution in [0.4, 0.5) is 0 Å². The fourth-order valence-corrected chi connectivity index (χ4v) is 2.80. The smallest absolute Gasteiger partial charge is 0.0621 e. The lowest BCUT2D eigenvalue weighted by atomic mass is 10.0. The predicted octanol–water partition coefficient (Wildman–Crippen LogP) is 4.36. The normalized spacial score (nSPS) is 10.9. The van der Waals surface area contributed by atoms with Crippen LogP contribution in [-0.2, 0) is 12.8 Å². The molecule has 0 amide bonds. The van der Waals surface area contributed by atoms with Gasteiger partial charge in [-0.25, -0.2) is 0 Å². The maximum atomic E-state index is 10.2. The Morgan fingerprint density at radius 2 is 1.17 bits per heavy atom. The fourth-order valence-electron chi connectivity index (χ4n) is 1.91. The van der Waals surface area contributed by atoms with Gasteiger partial charge in [0.15, 0.2) is 0 Å². The summed E-state index contributed by atoms with van der Waals surface area (Å²) in [5.74, 6) is 0. The van der Waals surface area contributed by atoms with Crippen LogP contribution >= 0.6 is 31.9 Å². The molecule has 18 heavy (non-hydrogen) atoms. The minimum Gasteiger partial charge on any atom is -0.392 e. The molecule has 0 fully saturated rings. The number of benzene rings is 2. The zero-order chi connectivity index (χ0) is 13.0. The zero-order valence-electron chi connectivity index (χ0n) is 9.81. The van der Waals surface area contributed by atoms with E-state index in [9.17, 15) is 5.11 Å². The van der Waals surface area contributed by atoms with Gasteiger partial charge < -0.3 is 5.11 Å². The number of hydrogen-bond donors (Lipinski definition) is 1. The molecule has 0 radical (unpaired) electrons. The Bertz CT molecular complexity index is 478. The third kappa shape index (κ3) is 3.67. The molecule has 0 aliphatic heterocycles. The van der Waals surface area contributed by atoms with Crippen LogP contribution in [0.1, 0.15) is 11.1 Å². The number of aliphatic hydroxyl groups excluding tert-OH is 1. The molecule has 0 saturated heterocycles. The van der Waals surface area contributed by atoms with Crippen LogP contribution in [0.15, 0.2) is 57.5 Å². The molecule has 1 N–H and O–H groups in total. The van der Waals surface area contributed by atoms with Crippen LogP contribution in [-0.4, -0.2) is 11.2 Å². The van der Waals surface area contributed by atoms with E-state index in [2.05, 4.69) is 31.9 Å². The van der Waals surface area contributed by atoms with Gasteiger partial charge in [0.05, 0.1) is 6.10 Å². The molecule has 2 aromatic carbocycles. The molecule has 3 heteroatoms. The third-order valence-corrected chi connectivity index (χ3v) is 4.37. The molecule has 0 aromatic heterocycles. The molecular formula is C15H14Br2O. The first-order valence-corrected chi connectivity index (χ1v) is 7.40. The summed E-state index contributed by atoms with van der Waals surface area (Å²) >= 11 is 7.01. The van der Waals surface area contributed by atoms with Crippen molar-refractivity contribution in [1.29, 1.82) is 0 Å². The summed E-state index contributed by atoms with van der Waals surface area (Å²) < 4.78 is 2.10. The van der Waals surface area contributed by atoms with Crippen molar-refractivity contribution >= 4 is 31.9 Å². The minimum absolute atomic E-state index is 0.373. The fraction of sp³-hybridized carbons (Fsp3) is 0.200. The highest BCUT2D eigenvalue weighted by Gasteiger charge is 2.10. The monoisotopic (exact) mass is 368 g/mol. The van der Waals surface area contributed by atoms with Gasteiger partial charge in [0, 0.05) is 8.95 Å². The van der Waals surface area contributed by atoms with E-state index in [1.165, 1.54) is 0 Å². The lowest BCUT2D eigenvalue weighted by Gasteiger charge is -2.13. The maximum absolute atomic E-state index is 10.2. The standard InChI is InChI=1S/C15H14Br2O/c16-14-7-3-1-5-11(14)9-13(18)10-12-6-2-4-8-15(12)17/h1-8,13,18H,9-10H2. The van der Waals surface area contributed by atoms with Gasteiger partial charge in [-0.05, 0) is 36.1 Å². The summed E-state index contributed by atoms with van der Waals surface area (Å²) in [6.45, 7) is 0. The first-order valence-electron chi connectivity index (χ1n) is 5.81. The van der Waals surface area contributed by atoms with Gasteiger partial charge in [0.2, 0.25) is 0 Å². The van der Waals surface area contributed by atoms with Crippen LogP contribution in [0.2, 0.25) is 0 Å². The van der Waals surface area contributed by atoms with Crippen molar-refractivity contribution in [2.45, 2.75) is 18.9 Å². The Labute approximate surface area is 124 Å². The van der Waals surface area contributed by atoms with Crippen LogP contribution in [0.3, 0.4) is 0 Å². The van der Waals surface area contributed by atoms with Gasteiger partial charge in [-0.15, -0.1) is 0 Å². The highest BCUT2D eigenvalue weighted by atomic mass is 79.9. The predicted molar refractivity (Wildman–Crippen MR) is 81.7 cm³/mol. The summed E-state index contributed by atoms with van der Waals surface area (Å²) in [6, 6.07) is 16.0. The number of halogens is 2. The lowest BCUT2D eigenvalue weighted by molar-refractivity contribution is 0.175. The lowest BCUT2D eigenvalue weighted by Crippen LogP contribution is -2.14. The molecule has 2 rings (SSSR count). The summed E-state index contributed by atoms with van der Waals surface area (Å²) in [5, 5.41) is 10.2. The van der Waals surface area contributed by atoms with Crippen LogP contribution in [0.25, 0.3) is 0 Å². The molecule has 0 aliphatic rings. The van der Waals surface area contributed by atoms with Crippen LogP contribution in [0.5, 0.6) is 0 Å². The van der Waals surface area contributed by atoms with Crippen LogP contribution in [0, 0.1) is 0 Å². The molecule has 2 aromatic rings. The average Bonchev–Trinajstić information content (AvgIpc) is 2.35. The van der Waals surface area contributed by atoms with E-state index in [1.54, 1.807) is 0 Å². The van der Waals surface area contributed by atoms with Crippen LogP contribution < -0.4 is 0 Å². The van der Waals surface area contributed by atoms with Gasteiger partial charge in [0.25, 0.3) is 0 Å². The van der Waals surface area contributed by atoms with Crippen molar-refractivity contribution in [3.05, 3.63) is 68.6 Å². The van der Waals surface area contributed by atoms with E-state index in [4.69, 9.17) is 0 Å². The Hall–Kier alpha value is -0.640. The van der Waals surface area contributed by atoms with Gasteiger partial charge in [0.1, 0.15) is 0 Å². The Balaban J connectivity index is 2.04. The van der Waals surface area contributed by atoms with E-state index < -0.39 is 0 Å². The van der Waals surface area contributed by atoms with E-state index in [0.717, 1.165) is 20.1 Å². The molecule has 0 unspecified atom stereocenters. The van der Waals surface area contributed by atoms with Crippen molar-refractivity contribution in [2.75, 3.05) is 0 Å². The molecule has 0 saturated carbocycles. The maximum Gasteiger partial charge on any atom is 0.0621 e. The van der Waals surface area contributed by atoms with E-state index in [1.807, 2.05) is 48.5 Å². The van der Waals surface area contributed by atoms with E-state index in [-0.39, 0.29) is 6.10 Å². The zero-order valence-corrected chi connectivity index (χ0v) is 13.0. The molecule has 0 bridgehead atoms. The summed E-state index contributed by atoms with van der Waals surface area (Å²) in [6.07, 6.45) is 0.938. The molecule has 1 nitrogen and oxygen atoms in total. The topological polar surface area (TPSA) is 20.2 Å². The number of rotatable bonds is 4. The highest BCUT2D eigenvalue weighted by Crippen LogP contribution is 2.21. The highest BCUT2D eigenvalue weighted by molar-refractivity contribution is 9.10. The summed E-state index contributed by atoms with van der Waals surface area (Å²) in [7, 11) is 0. The van der Waals surface area contributed by atoms with Gasteiger partial charge in [-0.3, -0.25) is 0 Å². The van der Waals surface area contributed by atoms with E-state index in [0.29, 0.717) is 12.8 Å². The molecule has 0 atom stereocenters. The Morgan fingerprint density at radius 3 is 1.56 bits per heavy atom. The van der Waals surface area contributed by atoms with Crippen molar-refractivity contribution in [2.24, 2.45) is 0 Å². The third-order valence-electron chi connectivity index (χ3n) is 2.83. The SMILES string of the molecule is OC(Cc1ccccc1Br)Cc1ccccc1Br. The number of hydrogen-bond acceptors (Lipinski definition) is 1. The van der Waals surface area contributed by atoms with Gasteiger partial charge in [-0.2, -0.15) is 0 Å². The quantitative estimate of drug-likeness (QED) is 0.848. The Morgan fingerprint density at radius 1 is 0.778 bits per heavy atom. The van der Waals surface area contributed by atoms with Crippen molar-refractivity contribution < 1.29 is 5.11 Å². The molecule has 0 aliphatic carbocycles. The van der Waals surface area contributed by atoms with Crippen molar-refractivity contribution in [3.8, 4) is 0 Å². The first-order chi connectivity index (χ1) is 8.66. The second-order valence-electron chi connectivity index (χ2n) is 4.24. The van der Waals surface area contributed by atoms with Crippen molar-refractivity contribution in [1.82, 2.24) is 0 Å². The second kappa shape index (κ2) is 6.50. The largest absolute Gasteiger partial charge is 0.392 e. The van der Waals surface area contributed by atoms with Gasteiger partial charge in [-0.1, -0.05) is 68.3 Å². The average molecular weight is 370 g/mol. The summed E-state index contributed by atoms with van der Waals surface area (Å²) in [4.78, 5) is 0. The van der Waals surface area contributed by atoms with Crippen molar-refractivity contribution in [3.63, 3.8) is 0 Å². The van der Waals surface area contributed by atoms with Gasteiger partial charge >= 0.3 is 0 Å². The molecule has 0 spiro atoms. The molecule has 0 heterocycles. The summed E-state index contributed by atoms with van der Waals surface area (Å²) in [5.41, 5.74) is 2.27. The first kappa shape index (κ1) is 13.8. The Kier molecular flexibility index (Phi) is 4.98. The minimum atomic E-state index is -0.373. The number of aliphatic hydroxyl groups is 1. The molecule has 94 valence electrons. The van der Waals surface area contributed by atoms with E-state index >= 15 is 0 Å².